The van der Waals surface area contributed by atoms with E-state index < -0.39 is 0 Å². The van der Waals surface area contributed by atoms with Crippen molar-refractivity contribution in [2.75, 3.05) is 19.6 Å². The molecule has 0 radical (unpaired) electrons. The first-order valence-corrected chi connectivity index (χ1v) is 6.27. The standard InChI is InChI=1S/C12H24N2/c1-3-10(2)13-6-7-14-9-11-4-5-12(14)8-11/h10-13H,3-9H2,1-2H3. The Balaban J connectivity index is 1.62. The fourth-order valence-electron chi connectivity index (χ4n) is 2.90. The number of likely N-dealkylation sites (tertiary alicyclic amines) is 1. The third-order valence-electron chi connectivity index (χ3n) is 4.03. The van der Waals surface area contributed by atoms with Gasteiger partial charge in [-0.1, -0.05) is 6.92 Å². The summed E-state index contributed by atoms with van der Waals surface area (Å²) in [6, 6.07) is 1.63. The van der Waals surface area contributed by atoms with Gasteiger partial charge in [0.15, 0.2) is 0 Å². The van der Waals surface area contributed by atoms with E-state index in [1.165, 1.54) is 45.3 Å². The van der Waals surface area contributed by atoms with Gasteiger partial charge in [0, 0.05) is 31.7 Å². The average molecular weight is 196 g/mol. The van der Waals surface area contributed by atoms with Crippen LogP contribution in [-0.4, -0.2) is 36.6 Å². The number of piperidine rings is 1. The van der Waals surface area contributed by atoms with Crippen LogP contribution in [0.15, 0.2) is 0 Å². The Morgan fingerprint density at radius 3 is 2.86 bits per heavy atom. The van der Waals surface area contributed by atoms with E-state index in [1.807, 2.05) is 0 Å². The number of hydrogen-bond donors (Lipinski definition) is 1. The highest BCUT2D eigenvalue weighted by molar-refractivity contribution is 4.92. The van der Waals surface area contributed by atoms with E-state index in [-0.39, 0.29) is 0 Å². The van der Waals surface area contributed by atoms with Gasteiger partial charge >= 0.3 is 0 Å². The Morgan fingerprint density at radius 1 is 1.43 bits per heavy atom. The average Bonchev–Trinajstić information content (AvgIpc) is 2.79. The molecule has 1 heterocycles. The van der Waals surface area contributed by atoms with Gasteiger partial charge in [-0.25, -0.2) is 0 Å². The van der Waals surface area contributed by atoms with Crippen LogP contribution < -0.4 is 5.32 Å². The molecular weight excluding hydrogens is 172 g/mol. The Labute approximate surface area is 88.1 Å². The fourth-order valence-corrected chi connectivity index (χ4v) is 2.90. The summed E-state index contributed by atoms with van der Waals surface area (Å²) >= 11 is 0. The first-order valence-electron chi connectivity index (χ1n) is 6.27. The zero-order valence-corrected chi connectivity index (χ0v) is 9.63. The van der Waals surface area contributed by atoms with E-state index >= 15 is 0 Å². The van der Waals surface area contributed by atoms with Gasteiger partial charge in [-0.3, -0.25) is 4.90 Å². The van der Waals surface area contributed by atoms with E-state index in [0.29, 0.717) is 6.04 Å². The van der Waals surface area contributed by atoms with Crippen molar-refractivity contribution in [3.05, 3.63) is 0 Å². The lowest BCUT2D eigenvalue weighted by Crippen LogP contribution is -2.39. The van der Waals surface area contributed by atoms with E-state index in [9.17, 15) is 0 Å². The van der Waals surface area contributed by atoms with Crippen molar-refractivity contribution in [2.45, 2.75) is 51.6 Å². The molecule has 2 heteroatoms. The molecule has 1 saturated carbocycles. The minimum Gasteiger partial charge on any atom is -0.313 e. The maximum Gasteiger partial charge on any atom is 0.0110 e. The molecule has 0 aromatic rings. The second-order valence-electron chi connectivity index (χ2n) is 5.09. The van der Waals surface area contributed by atoms with Gasteiger partial charge in [-0.15, -0.1) is 0 Å². The fraction of sp³-hybridized carbons (Fsp3) is 1.00. The molecule has 3 atom stereocenters. The van der Waals surface area contributed by atoms with Gasteiger partial charge < -0.3 is 5.32 Å². The maximum atomic E-state index is 3.58. The second kappa shape index (κ2) is 4.63. The molecule has 2 bridgehead atoms. The first kappa shape index (κ1) is 10.4. The highest BCUT2D eigenvalue weighted by atomic mass is 15.2. The van der Waals surface area contributed by atoms with E-state index in [1.54, 1.807) is 0 Å². The molecule has 2 aliphatic rings. The Morgan fingerprint density at radius 2 is 2.29 bits per heavy atom. The molecule has 2 nitrogen and oxygen atoms in total. The zero-order valence-electron chi connectivity index (χ0n) is 9.63. The smallest absolute Gasteiger partial charge is 0.0110 e. The van der Waals surface area contributed by atoms with Crippen molar-refractivity contribution in [1.82, 2.24) is 10.2 Å². The van der Waals surface area contributed by atoms with Crippen LogP contribution in [0.25, 0.3) is 0 Å². The van der Waals surface area contributed by atoms with Crippen molar-refractivity contribution in [3.63, 3.8) is 0 Å². The predicted molar refractivity (Wildman–Crippen MR) is 60.5 cm³/mol. The Hall–Kier alpha value is -0.0800. The molecule has 1 saturated heterocycles. The van der Waals surface area contributed by atoms with Gasteiger partial charge in [0.25, 0.3) is 0 Å². The topological polar surface area (TPSA) is 15.3 Å². The largest absolute Gasteiger partial charge is 0.313 e. The molecule has 1 aliphatic heterocycles. The van der Waals surface area contributed by atoms with Crippen molar-refractivity contribution >= 4 is 0 Å². The normalized spacial score (nSPS) is 33.9. The summed E-state index contributed by atoms with van der Waals surface area (Å²) in [5.74, 6) is 1.04. The third kappa shape index (κ3) is 2.29. The predicted octanol–water partition coefficient (Wildman–Crippen LogP) is 1.86. The molecule has 2 rings (SSSR count). The number of hydrogen-bond acceptors (Lipinski definition) is 2. The van der Waals surface area contributed by atoms with Gasteiger partial charge in [0.2, 0.25) is 0 Å². The molecule has 0 amide bonds. The Bertz CT molecular complexity index is 181. The lowest BCUT2D eigenvalue weighted by Gasteiger charge is -2.27. The van der Waals surface area contributed by atoms with Crippen molar-refractivity contribution in [2.24, 2.45) is 5.92 Å². The molecular formula is C12H24N2. The maximum absolute atomic E-state index is 3.58. The summed E-state index contributed by atoms with van der Waals surface area (Å²) in [5, 5.41) is 3.58. The number of nitrogens with zero attached hydrogens (tertiary/aromatic N) is 1. The second-order valence-corrected chi connectivity index (χ2v) is 5.09. The van der Waals surface area contributed by atoms with Gasteiger partial charge in [0.05, 0.1) is 0 Å². The highest BCUT2D eigenvalue weighted by Gasteiger charge is 2.36. The number of rotatable bonds is 5. The summed E-state index contributed by atoms with van der Waals surface area (Å²) in [5.41, 5.74) is 0. The summed E-state index contributed by atoms with van der Waals surface area (Å²) in [6.45, 7) is 8.35. The lowest BCUT2D eigenvalue weighted by molar-refractivity contribution is 0.212. The van der Waals surface area contributed by atoms with Crippen LogP contribution in [0.5, 0.6) is 0 Å². The van der Waals surface area contributed by atoms with Gasteiger partial charge in [-0.05, 0) is 38.5 Å². The molecule has 1 N–H and O–H groups in total. The van der Waals surface area contributed by atoms with Gasteiger partial charge in [-0.2, -0.15) is 0 Å². The van der Waals surface area contributed by atoms with Crippen LogP contribution in [0, 0.1) is 5.92 Å². The van der Waals surface area contributed by atoms with Crippen LogP contribution in [0.4, 0.5) is 0 Å². The monoisotopic (exact) mass is 196 g/mol. The Kier molecular flexibility index (Phi) is 3.45. The molecule has 2 fully saturated rings. The van der Waals surface area contributed by atoms with E-state index in [0.717, 1.165) is 12.0 Å². The number of nitrogens with one attached hydrogen (secondary N) is 1. The lowest BCUT2D eigenvalue weighted by atomic mass is 10.1. The van der Waals surface area contributed by atoms with E-state index in [4.69, 9.17) is 0 Å². The van der Waals surface area contributed by atoms with E-state index in [2.05, 4.69) is 24.1 Å². The van der Waals surface area contributed by atoms with Crippen LogP contribution in [-0.2, 0) is 0 Å². The minimum absolute atomic E-state index is 0.690. The van der Waals surface area contributed by atoms with Crippen LogP contribution in [0.2, 0.25) is 0 Å². The number of fused-ring (bicyclic) bond motifs is 2. The summed E-state index contributed by atoms with van der Waals surface area (Å²) < 4.78 is 0. The van der Waals surface area contributed by atoms with Crippen molar-refractivity contribution < 1.29 is 0 Å². The van der Waals surface area contributed by atoms with Crippen molar-refractivity contribution in [3.8, 4) is 0 Å². The minimum atomic E-state index is 0.690. The molecule has 3 unspecified atom stereocenters. The quantitative estimate of drug-likeness (QED) is 0.722. The summed E-state index contributed by atoms with van der Waals surface area (Å²) in [7, 11) is 0. The first-order chi connectivity index (χ1) is 6.79. The summed E-state index contributed by atoms with van der Waals surface area (Å²) in [6.07, 6.45) is 5.70. The molecule has 1 aliphatic carbocycles. The summed E-state index contributed by atoms with van der Waals surface area (Å²) in [4.78, 5) is 2.70. The molecule has 0 aromatic carbocycles. The highest BCUT2D eigenvalue weighted by Crippen LogP contribution is 2.36. The SMILES string of the molecule is CCC(C)NCCN1CC2CCC1C2. The third-order valence-corrected chi connectivity index (χ3v) is 4.03. The molecule has 82 valence electrons. The molecule has 14 heavy (non-hydrogen) atoms. The van der Waals surface area contributed by atoms with Gasteiger partial charge in [0.1, 0.15) is 0 Å². The molecule has 0 aromatic heterocycles. The van der Waals surface area contributed by atoms with Crippen LogP contribution in [0.3, 0.4) is 0 Å². The molecule has 0 spiro atoms. The van der Waals surface area contributed by atoms with Crippen molar-refractivity contribution in [1.29, 1.82) is 0 Å². The van der Waals surface area contributed by atoms with Crippen LogP contribution in [0.1, 0.15) is 39.5 Å². The zero-order chi connectivity index (χ0) is 9.97. The van der Waals surface area contributed by atoms with Crippen LogP contribution >= 0.6 is 0 Å².